The predicted molar refractivity (Wildman–Crippen MR) is 82.0 cm³/mol. The van der Waals surface area contributed by atoms with Crippen LogP contribution in [0.15, 0.2) is 12.2 Å². The van der Waals surface area contributed by atoms with Crippen molar-refractivity contribution in [1.82, 2.24) is 0 Å². The number of carbonyl (C=O) groups is 1. The molecule has 18 heavy (non-hydrogen) atoms. The van der Waals surface area contributed by atoms with Gasteiger partial charge >= 0.3 is 0 Å². The van der Waals surface area contributed by atoms with Crippen LogP contribution >= 0.6 is 11.8 Å². The van der Waals surface area contributed by atoms with E-state index in [9.17, 15) is 4.79 Å². The highest BCUT2D eigenvalue weighted by atomic mass is 32.2. The molecule has 1 nitrogen and oxygen atoms in total. The third-order valence-electron chi connectivity index (χ3n) is 3.91. The lowest BCUT2D eigenvalue weighted by Gasteiger charge is -2.31. The van der Waals surface area contributed by atoms with E-state index in [1.807, 2.05) is 6.92 Å². The van der Waals surface area contributed by atoms with Gasteiger partial charge in [0.2, 0.25) is 5.12 Å². The lowest BCUT2D eigenvalue weighted by Crippen LogP contribution is -2.26. The van der Waals surface area contributed by atoms with Crippen molar-refractivity contribution in [3.05, 3.63) is 12.2 Å². The van der Waals surface area contributed by atoms with Gasteiger partial charge in [-0.1, -0.05) is 70.2 Å². The zero-order chi connectivity index (χ0) is 13.4. The fourth-order valence-corrected chi connectivity index (χ4v) is 4.06. The van der Waals surface area contributed by atoms with E-state index in [0.29, 0.717) is 5.57 Å². The van der Waals surface area contributed by atoms with Gasteiger partial charge in [-0.3, -0.25) is 4.79 Å². The van der Waals surface area contributed by atoms with Crippen molar-refractivity contribution in [2.24, 2.45) is 0 Å². The fraction of sp³-hybridized carbons (Fsp3) is 0.812. The van der Waals surface area contributed by atoms with Crippen molar-refractivity contribution < 1.29 is 4.79 Å². The molecule has 0 amide bonds. The normalized spacial score (nSPS) is 19.2. The summed E-state index contributed by atoms with van der Waals surface area (Å²) in [5.41, 5.74) is 0.708. The maximum absolute atomic E-state index is 12.0. The van der Waals surface area contributed by atoms with E-state index < -0.39 is 0 Å². The first-order valence-corrected chi connectivity index (χ1v) is 8.30. The maximum atomic E-state index is 12.0. The van der Waals surface area contributed by atoms with Crippen molar-refractivity contribution in [2.75, 3.05) is 0 Å². The molecule has 1 saturated carbocycles. The van der Waals surface area contributed by atoms with Crippen molar-refractivity contribution in [2.45, 2.75) is 82.8 Å². The summed E-state index contributed by atoms with van der Waals surface area (Å²) in [6.45, 7) is 7.88. The number of carbonyl (C=O) groups excluding carboxylic acids is 1. The topological polar surface area (TPSA) is 17.1 Å². The quantitative estimate of drug-likeness (QED) is 0.359. The Kier molecular flexibility index (Phi) is 7.06. The SMILES string of the molecule is C=C(C)C(=O)SC1(CCCCC)CCCCCC1. The molecule has 0 saturated heterocycles. The lowest BCUT2D eigenvalue weighted by atomic mass is 9.92. The Labute approximate surface area is 117 Å². The number of hydrogen-bond donors (Lipinski definition) is 0. The molecule has 0 aromatic rings. The lowest BCUT2D eigenvalue weighted by molar-refractivity contribution is -0.107. The Balaban J connectivity index is 2.65. The summed E-state index contributed by atoms with van der Waals surface area (Å²) in [6, 6.07) is 0. The van der Waals surface area contributed by atoms with Crippen LogP contribution in [-0.4, -0.2) is 9.86 Å². The van der Waals surface area contributed by atoms with Crippen LogP contribution in [0.25, 0.3) is 0 Å². The van der Waals surface area contributed by atoms with E-state index >= 15 is 0 Å². The van der Waals surface area contributed by atoms with E-state index in [1.165, 1.54) is 64.2 Å². The minimum atomic E-state index is 0.216. The van der Waals surface area contributed by atoms with Gasteiger partial charge < -0.3 is 0 Å². The minimum Gasteiger partial charge on any atom is -0.282 e. The van der Waals surface area contributed by atoms with E-state index in [1.54, 1.807) is 11.8 Å². The van der Waals surface area contributed by atoms with Crippen LogP contribution < -0.4 is 0 Å². The summed E-state index contributed by atoms with van der Waals surface area (Å²) in [7, 11) is 0. The molecule has 104 valence electrons. The highest BCUT2D eigenvalue weighted by molar-refractivity contribution is 8.15. The van der Waals surface area contributed by atoms with E-state index in [4.69, 9.17) is 0 Å². The standard InChI is InChI=1S/C16H28OS/c1-4-5-8-11-16(18-15(17)14(2)3)12-9-6-7-10-13-16/h2,4-13H2,1,3H3. The Morgan fingerprint density at radius 3 is 2.28 bits per heavy atom. The first-order chi connectivity index (χ1) is 8.59. The van der Waals surface area contributed by atoms with Crippen LogP contribution in [0.2, 0.25) is 0 Å². The smallest absolute Gasteiger partial charge is 0.214 e. The van der Waals surface area contributed by atoms with Crippen LogP contribution in [0.1, 0.15) is 78.1 Å². The summed E-state index contributed by atoms with van der Waals surface area (Å²) < 4.78 is 0.224. The maximum Gasteiger partial charge on any atom is 0.214 e. The van der Waals surface area contributed by atoms with E-state index in [2.05, 4.69) is 13.5 Å². The molecular formula is C16H28OS. The second kappa shape index (κ2) is 8.04. The van der Waals surface area contributed by atoms with Gasteiger partial charge in [-0.25, -0.2) is 0 Å². The van der Waals surface area contributed by atoms with Gasteiger partial charge in [0.15, 0.2) is 0 Å². The van der Waals surface area contributed by atoms with Crippen molar-refractivity contribution in [3.63, 3.8) is 0 Å². The van der Waals surface area contributed by atoms with Gasteiger partial charge in [0.25, 0.3) is 0 Å². The van der Waals surface area contributed by atoms with Crippen LogP contribution in [0.4, 0.5) is 0 Å². The third-order valence-corrected chi connectivity index (χ3v) is 5.49. The zero-order valence-electron chi connectivity index (χ0n) is 12.1. The molecule has 1 aliphatic rings. The monoisotopic (exact) mass is 268 g/mol. The van der Waals surface area contributed by atoms with Crippen LogP contribution in [0.3, 0.4) is 0 Å². The summed E-state index contributed by atoms with van der Waals surface area (Å²) in [5.74, 6) is 0. The highest BCUT2D eigenvalue weighted by Crippen LogP contribution is 2.43. The molecule has 0 bridgehead atoms. The fourth-order valence-electron chi connectivity index (χ4n) is 2.76. The van der Waals surface area contributed by atoms with E-state index in [-0.39, 0.29) is 9.86 Å². The number of thioether (sulfide) groups is 1. The molecule has 2 heteroatoms. The van der Waals surface area contributed by atoms with Gasteiger partial charge in [0.05, 0.1) is 0 Å². The minimum absolute atomic E-state index is 0.216. The van der Waals surface area contributed by atoms with Gasteiger partial charge in [-0.15, -0.1) is 0 Å². The average Bonchev–Trinajstić information content (AvgIpc) is 2.55. The summed E-state index contributed by atoms with van der Waals surface area (Å²) >= 11 is 1.60. The molecule has 1 fully saturated rings. The van der Waals surface area contributed by atoms with Gasteiger partial charge in [-0.2, -0.15) is 0 Å². The Morgan fingerprint density at radius 2 is 1.78 bits per heavy atom. The molecule has 0 aromatic heterocycles. The molecule has 0 aromatic carbocycles. The second-order valence-electron chi connectivity index (χ2n) is 5.72. The Morgan fingerprint density at radius 1 is 1.17 bits per heavy atom. The number of rotatable bonds is 6. The van der Waals surface area contributed by atoms with E-state index in [0.717, 1.165) is 0 Å². The van der Waals surface area contributed by atoms with Crippen molar-refractivity contribution in [1.29, 1.82) is 0 Å². The summed E-state index contributed by atoms with van der Waals surface area (Å²) in [4.78, 5) is 12.0. The highest BCUT2D eigenvalue weighted by Gasteiger charge is 2.33. The summed E-state index contributed by atoms with van der Waals surface area (Å²) in [5, 5.41) is 0.216. The third kappa shape index (κ3) is 5.17. The van der Waals surface area contributed by atoms with Gasteiger partial charge in [-0.05, 0) is 31.8 Å². The molecule has 0 spiro atoms. The molecular weight excluding hydrogens is 240 g/mol. The molecule has 0 N–H and O–H groups in total. The molecule has 0 unspecified atom stereocenters. The van der Waals surface area contributed by atoms with Crippen molar-refractivity contribution >= 4 is 16.9 Å². The molecule has 0 heterocycles. The largest absolute Gasteiger partial charge is 0.282 e. The molecule has 0 radical (unpaired) electrons. The van der Waals surface area contributed by atoms with Crippen LogP contribution in [-0.2, 0) is 4.79 Å². The zero-order valence-corrected chi connectivity index (χ0v) is 12.9. The van der Waals surface area contributed by atoms with Gasteiger partial charge in [0, 0.05) is 4.75 Å². The molecule has 0 atom stereocenters. The van der Waals surface area contributed by atoms with Crippen molar-refractivity contribution in [3.8, 4) is 0 Å². The van der Waals surface area contributed by atoms with Crippen LogP contribution in [0, 0.1) is 0 Å². The summed E-state index contributed by atoms with van der Waals surface area (Å²) in [6.07, 6.45) is 12.8. The Hall–Kier alpha value is -0.240. The molecule has 1 aliphatic carbocycles. The van der Waals surface area contributed by atoms with Crippen LogP contribution in [0.5, 0.6) is 0 Å². The first-order valence-electron chi connectivity index (χ1n) is 7.48. The molecule has 0 aliphatic heterocycles. The Bertz CT molecular complexity index is 275. The predicted octanol–water partition coefficient (Wildman–Crippen LogP) is 5.50. The second-order valence-corrected chi connectivity index (χ2v) is 7.17. The van der Waals surface area contributed by atoms with Gasteiger partial charge in [0.1, 0.15) is 0 Å². The number of hydrogen-bond acceptors (Lipinski definition) is 2. The average molecular weight is 268 g/mol. The number of unbranched alkanes of at least 4 members (excludes halogenated alkanes) is 2. The first kappa shape index (κ1) is 15.8. The molecule has 1 rings (SSSR count).